The van der Waals surface area contributed by atoms with E-state index in [4.69, 9.17) is 5.73 Å². The van der Waals surface area contributed by atoms with Crippen molar-refractivity contribution >= 4 is 40.8 Å². The van der Waals surface area contributed by atoms with Crippen LogP contribution in [0.1, 0.15) is 24.8 Å². The molecule has 0 amide bonds. The van der Waals surface area contributed by atoms with Gasteiger partial charge in [0.1, 0.15) is 0 Å². The molecule has 0 atom stereocenters. The van der Waals surface area contributed by atoms with E-state index in [0.717, 1.165) is 30.9 Å². The maximum atomic E-state index is 5.90. The van der Waals surface area contributed by atoms with E-state index in [-0.39, 0.29) is 24.0 Å². The lowest BCUT2D eigenvalue weighted by molar-refractivity contribution is 0.326. The standard InChI is InChI=1S/C17H22N4.HI/c18-17(21-12-13-4-1-5-13)20-11-9-15-7-2-6-14-8-3-10-19-16(14)15;/h2-3,6-8,10,13H,1,4-5,9,11-12H2,(H3,18,20,21);1H. The molecule has 0 radical (unpaired) electrons. The van der Waals surface area contributed by atoms with Gasteiger partial charge in [0.2, 0.25) is 0 Å². The van der Waals surface area contributed by atoms with Crippen LogP contribution in [0.5, 0.6) is 0 Å². The predicted molar refractivity (Wildman–Crippen MR) is 103 cm³/mol. The van der Waals surface area contributed by atoms with E-state index in [0.29, 0.717) is 5.96 Å². The summed E-state index contributed by atoms with van der Waals surface area (Å²) in [5.41, 5.74) is 8.22. The topological polar surface area (TPSA) is 63.3 Å². The Bertz CT molecular complexity index is 632. The van der Waals surface area contributed by atoms with Crippen molar-refractivity contribution in [2.75, 3.05) is 13.1 Å². The van der Waals surface area contributed by atoms with Crippen LogP contribution in [0.2, 0.25) is 0 Å². The minimum atomic E-state index is 0. The summed E-state index contributed by atoms with van der Waals surface area (Å²) in [6.45, 7) is 1.66. The fourth-order valence-corrected chi connectivity index (χ4v) is 2.65. The number of para-hydroxylation sites is 1. The Morgan fingerprint density at radius 1 is 1.27 bits per heavy atom. The number of fused-ring (bicyclic) bond motifs is 1. The Balaban J connectivity index is 0.00000176. The Hall–Kier alpha value is -1.37. The third kappa shape index (κ3) is 4.32. The van der Waals surface area contributed by atoms with Crippen LogP contribution >= 0.6 is 24.0 Å². The Kier molecular flexibility index (Phi) is 6.42. The number of aliphatic imine (C=N–C) groups is 1. The fourth-order valence-electron chi connectivity index (χ4n) is 2.65. The van der Waals surface area contributed by atoms with Gasteiger partial charge in [-0.1, -0.05) is 30.7 Å². The zero-order valence-corrected chi connectivity index (χ0v) is 15.0. The summed E-state index contributed by atoms with van der Waals surface area (Å²) in [6.07, 6.45) is 6.69. The number of nitrogens with zero attached hydrogens (tertiary/aromatic N) is 2. The highest BCUT2D eigenvalue weighted by molar-refractivity contribution is 14.0. The third-order valence-electron chi connectivity index (χ3n) is 4.16. The molecule has 5 heteroatoms. The molecule has 1 fully saturated rings. The molecule has 1 saturated carbocycles. The first-order chi connectivity index (χ1) is 10.3. The fraction of sp³-hybridized carbons (Fsp3) is 0.412. The van der Waals surface area contributed by atoms with Gasteiger partial charge in [0.05, 0.1) is 5.52 Å². The van der Waals surface area contributed by atoms with Gasteiger partial charge >= 0.3 is 0 Å². The summed E-state index contributed by atoms with van der Waals surface area (Å²) in [5, 5.41) is 4.38. The van der Waals surface area contributed by atoms with Crippen LogP contribution in [0.15, 0.2) is 41.5 Å². The number of nitrogens with one attached hydrogen (secondary N) is 1. The van der Waals surface area contributed by atoms with E-state index in [1.54, 1.807) is 0 Å². The van der Waals surface area contributed by atoms with Gasteiger partial charge in [-0.3, -0.25) is 9.98 Å². The summed E-state index contributed by atoms with van der Waals surface area (Å²) in [7, 11) is 0. The second kappa shape index (κ2) is 8.31. The molecule has 1 aromatic heterocycles. The number of nitrogens with two attached hydrogens (primary N) is 1. The quantitative estimate of drug-likeness (QED) is 0.453. The Morgan fingerprint density at radius 2 is 2.09 bits per heavy atom. The number of guanidine groups is 1. The summed E-state index contributed by atoms with van der Waals surface area (Å²) < 4.78 is 0. The number of hydrogen-bond donors (Lipinski definition) is 2. The van der Waals surface area contributed by atoms with Crippen molar-refractivity contribution < 1.29 is 0 Å². The van der Waals surface area contributed by atoms with Crippen LogP contribution in [0, 0.1) is 5.92 Å². The maximum absolute atomic E-state index is 5.90. The average molecular weight is 410 g/mol. The van der Waals surface area contributed by atoms with Crippen molar-refractivity contribution in [1.29, 1.82) is 0 Å². The van der Waals surface area contributed by atoms with Crippen LogP contribution in [0.25, 0.3) is 10.9 Å². The van der Waals surface area contributed by atoms with Gasteiger partial charge in [0, 0.05) is 24.7 Å². The van der Waals surface area contributed by atoms with E-state index in [2.05, 4.69) is 39.6 Å². The van der Waals surface area contributed by atoms with E-state index in [1.807, 2.05) is 12.3 Å². The van der Waals surface area contributed by atoms with Crippen molar-refractivity contribution in [1.82, 2.24) is 10.3 Å². The maximum Gasteiger partial charge on any atom is 0.188 e. The highest BCUT2D eigenvalue weighted by Gasteiger charge is 2.16. The second-order valence-corrected chi connectivity index (χ2v) is 5.69. The van der Waals surface area contributed by atoms with Crippen LogP contribution < -0.4 is 11.1 Å². The van der Waals surface area contributed by atoms with Crippen LogP contribution in [0.4, 0.5) is 0 Å². The van der Waals surface area contributed by atoms with Gasteiger partial charge in [-0.05, 0) is 36.8 Å². The summed E-state index contributed by atoms with van der Waals surface area (Å²) in [4.78, 5) is 8.88. The molecule has 1 aliphatic carbocycles. The van der Waals surface area contributed by atoms with Gasteiger partial charge in [0.15, 0.2) is 5.96 Å². The van der Waals surface area contributed by atoms with Crippen LogP contribution in [-0.2, 0) is 6.42 Å². The number of benzene rings is 1. The molecule has 0 unspecified atom stereocenters. The van der Waals surface area contributed by atoms with Crippen molar-refractivity contribution in [2.24, 2.45) is 16.6 Å². The van der Waals surface area contributed by atoms with Gasteiger partial charge in [-0.25, -0.2) is 0 Å². The van der Waals surface area contributed by atoms with Crippen molar-refractivity contribution in [2.45, 2.75) is 25.7 Å². The second-order valence-electron chi connectivity index (χ2n) is 5.69. The first kappa shape index (κ1) is 17.0. The molecule has 0 saturated heterocycles. The number of aromatic nitrogens is 1. The largest absolute Gasteiger partial charge is 0.370 e. The first-order valence-corrected chi connectivity index (χ1v) is 7.69. The lowest BCUT2D eigenvalue weighted by Crippen LogP contribution is -2.34. The third-order valence-corrected chi connectivity index (χ3v) is 4.16. The van der Waals surface area contributed by atoms with E-state index in [1.165, 1.54) is 30.2 Å². The molecular formula is C17H23IN4. The predicted octanol–water partition coefficient (Wildman–Crippen LogP) is 3.10. The zero-order chi connectivity index (χ0) is 14.5. The van der Waals surface area contributed by atoms with Gasteiger partial charge in [-0.15, -0.1) is 24.0 Å². The molecule has 3 N–H and O–H groups in total. The SMILES string of the molecule is I.NC(=NCC1CCC1)NCCc1cccc2cccnc12. The van der Waals surface area contributed by atoms with Gasteiger partial charge < -0.3 is 11.1 Å². The minimum Gasteiger partial charge on any atom is -0.370 e. The molecule has 0 spiro atoms. The molecule has 3 rings (SSSR count). The molecule has 4 nitrogen and oxygen atoms in total. The number of rotatable bonds is 5. The number of halogens is 1. The Labute approximate surface area is 148 Å². The molecular weight excluding hydrogens is 387 g/mol. The number of hydrogen-bond acceptors (Lipinski definition) is 2. The Morgan fingerprint density at radius 3 is 2.86 bits per heavy atom. The first-order valence-electron chi connectivity index (χ1n) is 7.69. The normalized spacial score (nSPS) is 15.2. The molecule has 1 heterocycles. The molecule has 22 heavy (non-hydrogen) atoms. The molecule has 1 aromatic carbocycles. The molecule has 1 aliphatic rings. The molecule has 2 aromatic rings. The molecule has 0 aliphatic heterocycles. The average Bonchev–Trinajstić information content (AvgIpc) is 2.46. The van der Waals surface area contributed by atoms with Crippen molar-refractivity contribution in [3.05, 3.63) is 42.1 Å². The highest BCUT2D eigenvalue weighted by Crippen LogP contribution is 2.26. The zero-order valence-electron chi connectivity index (χ0n) is 12.7. The number of pyridine rings is 1. The summed E-state index contributed by atoms with van der Waals surface area (Å²) in [5.74, 6) is 1.32. The highest BCUT2D eigenvalue weighted by atomic mass is 127. The van der Waals surface area contributed by atoms with E-state index in [9.17, 15) is 0 Å². The van der Waals surface area contributed by atoms with E-state index < -0.39 is 0 Å². The van der Waals surface area contributed by atoms with Crippen molar-refractivity contribution in [3.63, 3.8) is 0 Å². The van der Waals surface area contributed by atoms with Crippen LogP contribution in [-0.4, -0.2) is 24.0 Å². The minimum absolute atomic E-state index is 0. The monoisotopic (exact) mass is 410 g/mol. The molecule has 0 bridgehead atoms. The van der Waals surface area contributed by atoms with Crippen molar-refractivity contribution in [3.8, 4) is 0 Å². The summed E-state index contributed by atoms with van der Waals surface area (Å²) >= 11 is 0. The smallest absolute Gasteiger partial charge is 0.188 e. The van der Waals surface area contributed by atoms with Gasteiger partial charge in [-0.2, -0.15) is 0 Å². The van der Waals surface area contributed by atoms with Gasteiger partial charge in [0.25, 0.3) is 0 Å². The molecule has 118 valence electrons. The van der Waals surface area contributed by atoms with E-state index >= 15 is 0 Å². The lowest BCUT2D eigenvalue weighted by atomic mass is 9.86. The van der Waals surface area contributed by atoms with Crippen LogP contribution in [0.3, 0.4) is 0 Å². The summed E-state index contributed by atoms with van der Waals surface area (Å²) in [6, 6.07) is 10.4. The lowest BCUT2D eigenvalue weighted by Gasteiger charge is -2.23.